The fourth-order valence-corrected chi connectivity index (χ4v) is 0.301. The molecule has 48 valence electrons. The third kappa shape index (κ3) is 3.82. The number of ether oxygens (including phenoxy) is 1. The van der Waals surface area contributed by atoms with Gasteiger partial charge in [0, 0.05) is 0 Å². The first-order valence-electron chi connectivity index (χ1n) is 2.10. The van der Waals surface area contributed by atoms with Crippen LogP contribution in [0.15, 0.2) is 24.5 Å². The van der Waals surface area contributed by atoms with Crippen molar-refractivity contribution in [1.29, 1.82) is 0 Å². The maximum atomic E-state index is 4.71. The summed E-state index contributed by atoms with van der Waals surface area (Å²) in [6.45, 7) is 3.54. The van der Waals surface area contributed by atoms with E-state index in [9.17, 15) is 0 Å². The predicted molar refractivity (Wildman–Crippen MR) is 31.4 cm³/mol. The molecule has 1 nitrogen and oxygen atoms in total. The van der Waals surface area contributed by atoms with Crippen molar-refractivity contribution >= 4 is 4.99 Å². The van der Waals surface area contributed by atoms with Gasteiger partial charge in [0.2, 0.25) is 0 Å². The van der Waals surface area contributed by atoms with Gasteiger partial charge < -0.3 is 0 Å². The van der Waals surface area contributed by atoms with Crippen LogP contribution in [0.25, 0.3) is 0 Å². The summed E-state index contributed by atoms with van der Waals surface area (Å²) in [6.07, 6.45) is 3.43. The Labute approximate surface area is 57.0 Å². The van der Waals surface area contributed by atoms with Crippen molar-refractivity contribution in [2.75, 3.05) is 7.11 Å². The number of methoxy groups -OCH3 is 1. The van der Waals surface area contributed by atoms with Crippen molar-refractivity contribution in [3.05, 3.63) is 24.5 Å². The van der Waals surface area contributed by atoms with E-state index in [1.807, 2.05) is 0 Å². The predicted octanol–water partition coefficient (Wildman–Crippen LogP) is 1.05. The molecule has 0 aromatic rings. The minimum atomic E-state index is 0.623. The second-order valence-corrected chi connectivity index (χ2v) is 1.46. The second kappa shape index (κ2) is 4.79. The number of hydrogen-bond donors (Lipinski definition) is 0. The average molecular weight is 155 g/mol. The van der Waals surface area contributed by atoms with Crippen molar-refractivity contribution in [2.24, 2.45) is 0 Å². The van der Waals surface area contributed by atoms with Gasteiger partial charge in [0.25, 0.3) is 0 Å². The average Bonchev–Trinajstić information content (AvgIpc) is 1.83. The van der Waals surface area contributed by atoms with Gasteiger partial charge in [-0.05, 0) is 0 Å². The summed E-state index contributed by atoms with van der Waals surface area (Å²) in [5.41, 5.74) is 0. The van der Waals surface area contributed by atoms with E-state index in [0.717, 1.165) is 0 Å². The first kappa shape index (κ1) is 7.64. The summed E-state index contributed by atoms with van der Waals surface area (Å²) < 4.78 is 4.71. The van der Waals surface area contributed by atoms with Crippen molar-refractivity contribution in [1.82, 2.24) is 0 Å². The number of rotatable bonds is 3. The maximum absolute atomic E-state index is 4.71. The molecule has 0 unspecified atom stereocenters. The molecule has 0 spiro atoms. The van der Waals surface area contributed by atoms with E-state index in [1.54, 1.807) is 24.3 Å². The molecule has 0 fully saturated rings. The number of hydrogen-bond acceptors (Lipinski definition) is 1. The van der Waals surface area contributed by atoms with Gasteiger partial charge in [0.1, 0.15) is 0 Å². The molecule has 0 atom stereocenters. The fourth-order valence-electron chi connectivity index (χ4n) is 0.206. The summed E-state index contributed by atoms with van der Waals surface area (Å²) in [5, 5.41) is 0. The van der Waals surface area contributed by atoms with E-state index < -0.39 is 0 Å². The summed E-state index contributed by atoms with van der Waals surface area (Å²) in [5.74, 6) is 0.623. The van der Waals surface area contributed by atoms with Crippen LogP contribution in [0.3, 0.4) is 0 Å². The Morgan fingerprint density at radius 3 is 2.75 bits per heavy atom. The number of allylic oxidation sites excluding steroid dienone is 2. The molecule has 0 radical (unpaired) electrons. The Hall–Kier alpha value is -0.356. The fraction of sp³-hybridized carbons (Fsp3) is 0.167. The van der Waals surface area contributed by atoms with Crippen LogP contribution in [-0.4, -0.2) is 12.1 Å². The van der Waals surface area contributed by atoms with Crippen LogP contribution in [0, 0.1) is 0 Å². The zero-order chi connectivity index (χ0) is 6.41. The molecule has 0 amide bonds. The van der Waals surface area contributed by atoms with Crippen LogP contribution in [0.1, 0.15) is 0 Å². The SMILES string of the molecule is C=C(/C=C\[CH]=[Ni])OC. The quantitative estimate of drug-likeness (QED) is 0.336. The van der Waals surface area contributed by atoms with Crippen molar-refractivity contribution in [3.8, 4) is 0 Å². The third-order valence-electron chi connectivity index (χ3n) is 0.605. The molecule has 0 aliphatic heterocycles. The molecule has 0 aromatic heterocycles. The second-order valence-electron chi connectivity index (χ2n) is 1.13. The summed E-state index contributed by atoms with van der Waals surface area (Å²) >= 11 is 4.25. The Bertz CT molecular complexity index is 116. The van der Waals surface area contributed by atoms with E-state index in [0.29, 0.717) is 5.76 Å². The van der Waals surface area contributed by atoms with Gasteiger partial charge in [0.05, 0.1) is 0 Å². The molecule has 0 heterocycles. The molecule has 2 heteroatoms. The molecule has 0 saturated carbocycles. The van der Waals surface area contributed by atoms with Crippen LogP contribution < -0.4 is 0 Å². The van der Waals surface area contributed by atoms with Gasteiger partial charge in [-0.3, -0.25) is 0 Å². The molecule has 0 aliphatic carbocycles. The summed E-state index contributed by atoms with van der Waals surface area (Å²) in [7, 11) is 1.57. The van der Waals surface area contributed by atoms with Crippen molar-refractivity contribution in [2.45, 2.75) is 0 Å². The van der Waals surface area contributed by atoms with Crippen LogP contribution in [0.5, 0.6) is 0 Å². The van der Waals surface area contributed by atoms with Crippen LogP contribution in [0.2, 0.25) is 0 Å². The summed E-state index contributed by atoms with van der Waals surface area (Å²) in [4.78, 5) is 1.55. The molecular weight excluding hydrogens is 147 g/mol. The molecule has 0 aromatic carbocycles. The zero-order valence-corrected chi connectivity index (χ0v) is 5.65. The topological polar surface area (TPSA) is 9.23 Å². The van der Waals surface area contributed by atoms with Gasteiger partial charge in [-0.2, -0.15) is 0 Å². The van der Waals surface area contributed by atoms with Crippen LogP contribution in [0.4, 0.5) is 0 Å². The van der Waals surface area contributed by atoms with Gasteiger partial charge >= 0.3 is 56.4 Å². The van der Waals surface area contributed by atoms with Crippen LogP contribution >= 0.6 is 0 Å². The van der Waals surface area contributed by atoms with E-state index in [4.69, 9.17) is 4.74 Å². The van der Waals surface area contributed by atoms with Gasteiger partial charge in [-0.1, -0.05) is 0 Å². The zero-order valence-electron chi connectivity index (χ0n) is 4.66. The molecule has 0 bridgehead atoms. The molecule has 0 N–H and O–H groups in total. The Kier molecular flexibility index (Phi) is 4.58. The van der Waals surface area contributed by atoms with Crippen molar-refractivity contribution in [3.63, 3.8) is 0 Å². The monoisotopic (exact) mass is 154 g/mol. The Morgan fingerprint density at radius 2 is 2.38 bits per heavy atom. The molecule has 0 rings (SSSR count). The third-order valence-corrected chi connectivity index (χ3v) is 0.795. The van der Waals surface area contributed by atoms with Crippen molar-refractivity contribution < 1.29 is 19.8 Å². The molecule has 0 saturated heterocycles. The standard InChI is InChI=1S/C6H8O.Ni/c1-4-5-6(2)7-3;/h1,4-5H,2H2,3H3;/b5-4-;. The van der Waals surface area contributed by atoms with Gasteiger partial charge in [-0.15, -0.1) is 0 Å². The van der Waals surface area contributed by atoms with Crippen LogP contribution in [-0.2, 0) is 19.8 Å². The normalized spacial score (nSPS) is 9.38. The van der Waals surface area contributed by atoms with E-state index in [-0.39, 0.29) is 0 Å². The Morgan fingerprint density at radius 1 is 1.75 bits per heavy atom. The first-order valence-corrected chi connectivity index (χ1v) is 2.67. The first-order chi connectivity index (χ1) is 3.81. The van der Waals surface area contributed by atoms with Gasteiger partial charge in [0.15, 0.2) is 0 Å². The van der Waals surface area contributed by atoms with Gasteiger partial charge in [-0.25, -0.2) is 0 Å². The Balaban J connectivity index is 3.52. The van der Waals surface area contributed by atoms with E-state index >= 15 is 0 Å². The van der Waals surface area contributed by atoms with E-state index in [2.05, 4.69) is 21.6 Å². The molecule has 8 heavy (non-hydrogen) atoms. The summed E-state index contributed by atoms with van der Waals surface area (Å²) in [6, 6.07) is 0. The van der Waals surface area contributed by atoms with E-state index in [1.165, 1.54) is 0 Å². The molecular formula is C6H8NiO. The minimum absolute atomic E-state index is 0.623. The molecule has 0 aliphatic rings.